The first-order valence-corrected chi connectivity index (χ1v) is 9.44. The van der Waals surface area contributed by atoms with E-state index < -0.39 is 34.0 Å². The lowest BCUT2D eigenvalue weighted by Gasteiger charge is -2.27. The predicted octanol–water partition coefficient (Wildman–Crippen LogP) is 1.08. The highest BCUT2D eigenvalue weighted by molar-refractivity contribution is 7.89. The molecule has 0 aliphatic carbocycles. The van der Waals surface area contributed by atoms with Crippen molar-refractivity contribution in [3.05, 3.63) is 29.8 Å². The number of nitrogens with zero attached hydrogens (tertiary/aromatic N) is 2. The molecule has 0 heterocycles. The summed E-state index contributed by atoms with van der Waals surface area (Å²) < 4.78 is 30.0. The van der Waals surface area contributed by atoms with Crippen LogP contribution in [0.5, 0.6) is 0 Å². The zero-order valence-corrected chi connectivity index (χ0v) is 16.7. The van der Waals surface area contributed by atoms with Crippen molar-refractivity contribution < 1.29 is 27.6 Å². The van der Waals surface area contributed by atoms with Crippen LogP contribution in [0.1, 0.15) is 31.1 Å². The van der Waals surface area contributed by atoms with Gasteiger partial charge in [0.15, 0.2) is 6.61 Å². The number of ether oxygens (including phenoxy) is 1. The molecule has 0 aliphatic rings. The van der Waals surface area contributed by atoms with E-state index in [1.165, 1.54) is 32.4 Å². The van der Waals surface area contributed by atoms with E-state index in [0.717, 1.165) is 6.07 Å². The van der Waals surface area contributed by atoms with Gasteiger partial charge in [0.2, 0.25) is 0 Å². The van der Waals surface area contributed by atoms with Gasteiger partial charge in [0.05, 0.1) is 23.6 Å². The molecule has 0 radical (unpaired) electrons. The smallest absolute Gasteiger partial charge is 0.338 e. The van der Waals surface area contributed by atoms with Crippen molar-refractivity contribution in [3.63, 3.8) is 0 Å². The number of nitrogens with one attached hydrogen (secondary N) is 1. The highest BCUT2D eigenvalue weighted by Gasteiger charge is 2.30. The quantitative estimate of drug-likeness (QED) is 0.514. The number of carbonyl (C=O) groups is 2. The van der Waals surface area contributed by atoms with Crippen LogP contribution in [-0.4, -0.2) is 51.1 Å². The van der Waals surface area contributed by atoms with Crippen LogP contribution in [0.4, 0.5) is 0 Å². The van der Waals surface area contributed by atoms with Gasteiger partial charge in [-0.3, -0.25) is 9.63 Å². The Kier molecular flexibility index (Phi) is 7.47. The summed E-state index contributed by atoms with van der Waals surface area (Å²) in [6, 6.07) is 7.17. The second-order valence-corrected chi connectivity index (χ2v) is 8.15. The van der Waals surface area contributed by atoms with E-state index in [4.69, 9.17) is 4.74 Å². The van der Waals surface area contributed by atoms with Gasteiger partial charge in [0.25, 0.3) is 15.9 Å². The van der Waals surface area contributed by atoms with E-state index in [2.05, 4.69) is 10.2 Å². The van der Waals surface area contributed by atoms with Crippen molar-refractivity contribution in [2.45, 2.75) is 31.2 Å². The molecule has 1 aromatic rings. The minimum atomic E-state index is -3.93. The standard InChI is InChI=1S/C17H23N3O6S/c1-12(2)17(3,11-18)19-15(21)10-26-16(22)13-7-6-8-14(9-13)27(23,24)20(4)25-5/h6-9,12H,10H2,1-5H3,(H,19,21)/t17-/m0/s1. The summed E-state index contributed by atoms with van der Waals surface area (Å²) in [5, 5.41) is 11.7. The number of amides is 1. The van der Waals surface area contributed by atoms with Gasteiger partial charge in [-0.1, -0.05) is 24.4 Å². The second-order valence-electron chi connectivity index (χ2n) is 6.22. The Morgan fingerprint density at radius 2 is 2.00 bits per heavy atom. The number of sulfonamides is 1. The Labute approximate surface area is 158 Å². The fourth-order valence-corrected chi connectivity index (χ4v) is 2.89. The predicted molar refractivity (Wildman–Crippen MR) is 95.7 cm³/mol. The van der Waals surface area contributed by atoms with Crippen LogP contribution in [0.15, 0.2) is 29.2 Å². The van der Waals surface area contributed by atoms with Gasteiger partial charge in [-0.25, -0.2) is 13.2 Å². The van der Waals surface area contributed by atoms with E-state index in [0.29, 0.717) is 4.47 Å². The van der Waals surface area contributed by atoms with E-state index in [1.807, 2.05) is 6.07 Å². The van der Waals surface area contributed by atoms with Crippen molar-refractivity contribution in [2.75, 3.05) is 20.8 Å². The molecule has 148 valence electrons. The molecule has 27 heavy (non-hydrogen) atoms. The average Bonchev–Trinajstić information content (AvgIpc) is 2.64. The lowest BCUT2D eigenvalue weighted by molar-refractivity contribution is -0.125. The van der Waals surface area contributed by atoms with Gasteiger partial charge < -0.3 is 10.1 Å². The van der Waals surface area contributed by atoms with E-state index in [1.54, 1.807) is 20.8 Å². The fraction of sp³-hybridized carbons (Fsp3) is 0.471. The Morgan fingerprint density at radius 1 is 1.37 bits per heavy atom. The van der Waals surface area contributed by atoms with Crippen LogP contribution >= 0.6 is 0 Å². The summed E-state index contributed by atoms with van der Waals surface area (Å²) in [6.45, 7) is 4.52. The summed E-state index contributed by atoms with van der Waals surface area (Å²) >= 11 is 0. The molecule has 0 spiro atoms. The number of carbonyl (C=O) groups excluding carboxylic acids is 2. The van der Waals surface area contributed by atoms with Crippen molar-refractivity contribution in [1.82, 2.24) is 9.79 Å². The summed E-state index contributed by atoms with van der Waals surface area (Å²) in [5.41, 5.74) is -1.14. The highest BCUT2D eigenvalue weighted by atomic mass is 32.2. The molecule has 0 unspecified atom stereocenters. The number of nitriles is 1. The number of esters is 1. The second kappa shape index (κ2) is 8.94. The Balaban J connectivity index is 2.84. The number of hydrogen-bond acceptors (Lipinski definition) is 7. The normalized spacial score (nSPS) is 13.7. The Morgan fingerprint density at radius 3 is 2.52 bits per heavy atom. The topological polar surface area (TPSA) is 126 Å². The number of hydroxylamine groups is 1. The zero-order valence-electron chi connectivity index (χ0n) is 15.8. The van der Waals surface area contributed by atoms with Crippen molar-refractivity contribution >= 4 is 21.9 Å². The lowest BCUT2D eigenvalue weighted by Crippen LogP contribution is -2.50. The van der Waals surface area contributed by atoms with Crippen LogP contribution in [0.3, 0.4) is 0 Å². The minimum absolute atomic E-state index is 0.0414. The van der Waals surface area contributed by atoms with Crippen molar-refractivity contribution in [3.8, 4) is 6.07 Å². The monoisotopic (exact) mass is 397 g/mol. The molecule has 0 fully saturated rings. The summed E-state index contributed by atoms with van der Waals surface area (Å²) in [6.07, 6.45) is 0. The third-order valence-corrected chi connectivity index (χ3v) is 5.76. The molecule has 1 rings (SSSR count). The first-order valence-electron chi connectivity index (χ1n) is 8.00. The van der Waals surface area contributed by atoms with Gasteiger partial charge in [0, 0.05) is 7.05 Å². The molecule has 0 aliphatic heterocycles. The number of benzene rings is 1. The van der Waals surface area contributed by atoms with E-state index in [9.17, 15) is 23.3 Å². The zero-order chi connectivity index (χ0) is 20.8. The Bertz CT molecular complexity index is 846. The maximum Gasteiger partial charge on any atom is 0.338 e. The van der Waals surface area contributed by atoms with Gasteiger partial charge in [-0.05, 0) is 31.0 Å². The SMILES string of the molecule is CON(C)S(=O)(=O)c1cccc(C(=O)OCC(=O)N[C@@](C)(C#N)C(C)C)c1. The molecule has 1 aromatic carbocycles. The molecule has 9 nitrogen and oxygen atoms in total. The molecule has 0 bridgehead atoms. The first-order chi connectivity index (χ1) is 12.5. The van der Waals surface area contributed by atoms with Gasteiger partial charge in [-0.15, -0.1) is 0 Å². The van der Waals surface area contributed by atoms with Crippen LogP contribution in [0.2, 0.25) is 0 Å². The van der Waals surface area contributed by atoms with Crippen LogP contribution in [0, 0.1) is 17.2 Å². The van der Waals surface area contributed by atoms with Gasteiger partial charge >= 0.3 is 5.97 Å². The largest absolute Gasteiger partial charge is 0.452 e. The minimum Gasteiger partial charge on any atom is -0.452 e. The maximum absolute atomic E-state index is 12.2. The molecular formula is C17H23N3O6S. The number of rotatable bonds is 8. The molecule has 0 saturated carbocycles. The lowest BCUT2D eigenvalue weighted by atomic mass is 9.90. The third-order valence-electron chi connectivity index (χ3n) is 4.08. The molecule has 0 aromatic heterocycles. The molecule has 1 N–H and O–H groups in total. The maximum atomic E-state index is 12.2. The van der Waals surface area contributed by atoms with Gasteiger partial charge in [-0.2, -0.15) is 5.26 Å². The average molecular weight is 397 g/mol. The Hall–Kier alpha value is -2.48. The van der Waals surface area contributed by atoms with E-state index in [-0.39, 0.29) is 16.4 Å². The molecule has 1 amide bonds. The summed E-state index contributed by atoms with van der Waals surface area (Å²) in [5.74, 6) is -1.66. The van der Waals surface area contributed by atoms with Crippen molar-refractivity contribution in [1.29, 1.82) is 5.26 Å². The highest BCUT2D eigenvalue weighted by Crippen LogP contribution is 2.17. The number of hydrogen-bond donors (Lipinski definition) is 1. The van der Waals surface area contributed by atoms with Crippen molar-refractivity contribution in [2.24, 2.45) is 5.92 Å². The van der Waals surface area contributed by atoms with Gasteiger partial charge in [0.1, 0.15) is 5.54 Å². The van der Waals surface area contributed by atoms with E-state index >= 15 is 0 Å². The van der Waals surface area contributed by atoms with Crippen LogP contribution < -0.4 is 5.32 Å². The molecule has 0 saturated heterocycles. The summed E-state index contributed by atoms with van der Waals surface area (Å²) in [7, 11) is -1.52. The molecular weight excluding hydrogens is 374 g/mol. The fourth-order valence-electron chi connectivity index (χ4n) is 1.87. The molecule has 1 atom stereocenters. The van der Waals surface area contributed by atoms with Crippen LogP contribution in [-0.2, 0) is 24.4 Å². The first kappa shape index (κ1) is 22.6. The summed E-state index contributed by atoms with van der Waals surface area (Å²) in [4.78, 5) is 28.6. The third kappa shape index (κ3) is 5.50. The molecule has 10 heteroatoms. The van der Waals surface area contributed by atoms with Crippen LogP contribution in [0.25, 0.3) is 0 Å².